The van der Waals surface area contributed by atoms with Crippen LogP contribution in [0.25, 0.3) is 0 Å². The number of piperazine rings is 1. The number of hydrogen-bond acceptors (Lipinski definition) is 7. The van der Waals surface area contributed by atoms with Crippen molar-refractivity contribution in [3.63, 3.8) is 0 Å². The summed E-state index contributed by atoms with van der Waals surface area (Å²) in [5.74, 6) is -0.432. The molecule has 3 heterocycles. The topological polar surface area (TPSA) is 107 Å². The molecule has 2 saturated heterocycles. The average Bonchev–Trinajstić information content (AvgIpc) is 3.64. The summed E-state index contributed by atoms with van der Waals surface area (Å²) < 4.78 is 10.2. The lowest BCUT2D eigenvalue weighted by atomic mass is 10.1. The van der Waals surface area contributed by atoms with Gasteiger partial charge >= 0.3 is 6.09 Å². The zero-order valence-corrected chi connectivity index (χ0v) is 22.0. The molecule has 2 fully saturated rings. The van der Waals surface area contributed by atoms with Gasteiger partial charge in [-0.05, 0) is 55.3 Å². The van der Waals surface area contributed by atoms with Gasteiger partial charge in [-0.1, -0.05) is 18.2 Å². The lowest BCUT2D eigenvalue weighted by Gasteiger charge is -2.38. The molecule has 0 aliphatic carbocycles. The number of nitrogens with one attached hydrogen (secondary N) is 2. The fraction of sp³-hybridized carbons (Fsp3) is 0.345. The summed E-state index contributed by atoms with van der Waals surface area (Å²) in [5, 5.41) is 5.85. The average molecular weight is 532 g/mol. The molecule has 3 amide bonds. The number of cyclic esters (lactones) is 1. The first kappa shape index (κ1) is 26.1. The standard InChI is InChI=1S/C29H33N5O5/c1-21-6-2-3-7-24(21)32-13-15-33(16-14-32)25-10-9-22(20-23(25)31-28(36)26-8-4-18-38-26)27(35)30-11-5-12-34-17-19-39-29(34)37/h2-4,6-10,18,20H,5,11-17,19H2,1H3,(H,30,35)(H,31,36). The van der Waals surface area contributed by atoms with Crippen LogP contribution in [0.15, 0.2) is 65.3 Å². The molecule has 0 bridgehead atoms. The number of para-hydroxylation sites is 1. The highest BCUT2D eigenvalue weighted by Gasteiger charge is 2.23. The Bertz CT molecular complexity index is 1320. The van der Waals surface area contributed by atoms with E-state index in [0.29, 0.717) is 43.9 Å². The summed E-state index contributed by atoms with van der Waals surface area (Å²) in [7, 11) is 0. The second-order valence-electron chi connectivity index (χ2n) is 9.63. The molecular formula is C29H33N5O5. The first-order valence-electron chi connectivity index (χ1n) is 13.2. The van der Waals surface area contributed by atoms with Crippen molar-refractivity contribution in [3.05, 3.63) is 77.7 Å². The summed E-state index contributed by atoms with van der Waals surface area (Å²) in [6.07, 6.45) is 1.76. The Balaban J connectivity index is 1.27. The van der Waals surface area contributed by atoms with Crippen LogP contribution in [0.2, 0.25) is 0 Å². The predicted molar refractivity (Wildman–Crippen MR) is 149 cm³/mol. The molecule has 2 aromatic carbocycles. The van der Waals surface area contributed by atoms with E-state index in [-0.39, 0.29) is 23.7 Å². The molecule has 0 radical (unpaired) electrons. The number of furan rings is 1. The molecule has 10 nitrogen and oxygen atoms in total. The molecule has 2 aliphatic heterocycles. The number of anilines is 3. The molecule has 2 aliphatic rings. The Morgan fingerprint density at radius 3 is 2.36 bits per heavy atom. The van der Waals surface area contributed by atoms with Gasteiger partial charge in [0, 0.05) is 50.5 Å². The highest BCUT2D eigenvalue weighted by atomic mass is 16.6. The molecule has 3 aromatic rings. The van der Waals surface area contributed by atoms with E-state index in [9.17, 15) is 14.4 Å². The van der Waals surface area contributed by atoms with Gasteiger partial charge in [-0.15, -0.1) is 0 Å². The van der Waals surface area contributed by atoms with Gasteiger partial charge in [0.25, 0.3) is 11.8 Å². The van der Waals surface area contributed by atoms with Crippen LogP contribution in [0.4, 0.5) is 21.9 Å². The van der Waals surface area contributed by atoms with Crippen LogP contribution in [-0.4, -0.2) is 75.2 Å². The first-order valence-corrected chi connectivity index (χ1v) is 13.2. The fourth-order valence-corrected chi connectivity index (χ4v) is 4.95. The number of amides is 3. The van der Waals surface area contributed by atoms with Crippen LogP contribution in [-0.2, 0) is 4.74 Å². The highest BCUT2D eigenvalue weighted by Crippen LogP contribution is 2.30. The van der Waals surface area contributed by atoms with Crippen LogP contribution in [0.1, 0.15) is 32.9 Å². The van der Waals surface area contributed by atoms with E-state index in [1.807, 2.05) is 12.1 Å². The highest BCUT2D eigenvalue weighted by molar-refractivity contribution is 6.05. The largest absolute Gasteiger partial charge is 0.459 e. The Labute approximate surface area is 227 Å². The summed E-state index contributed by atoms with van der Waals surface area (Å²) in [6, 6.07) is 17.0. The summed E-state index contributed by atoms with van der Waals surface area (Å²) in [5.41, 5.74) is 4.31. The smallest absolute Gasteiger partial charge is 0.409 e. The second kappa shape index (κ2) is 11.9. The number of carbonyl (C=O) groups excluding carboxylic acids is 3. The van der Waals surface area contributed by atoms with Gasteiger partial charge in [-0.25, -0.2) is 4.79 Å². The zero-order chi connectivity index (χ0) is 27.2. The Morgan fingerprint density at radius 2 is 1.67 bits per heavy atom. The van der Waals surface area contributed by atoms with Gasteiger partial charge in [0.05, 0.1) is 24.2 Å². The molecule has 2 N–H and O–H groups in total. The van der Waals surface area contributed by atoms with Crippen molar-refractivity contribution in [2.45, 2.75) is 13.3 Å². The van der Waals surface area contributed by atoms with Crippen LogP contribution in [0.5, 0.6) is 0 Å². The third-order valence-corrected chi connectivity index (χ3v) is 7.06. The minimum absolute atomic E-state index is 0.195. The van der Waals surface area contributed by atoms with Crippen molar-refractivity contribution in [2.24, 2.45) is 0 Å². The van der Waals surface area contributed by atoms with Gasteiger partial charge in [-0.2, -0.15) is 0 Å². The normalized spacial score (nSPS) is 15.3. The van der Waals surface area contributed by atoms with E-state index in [1.54, 1.807) is 29.2 Å². The third-order valence-electron chi connectivity index (χ3n) is 7.06. The number of hydrogen-bond donors (Lipinski definition) is 2. The molecule has 0 spiro atoms. The van der Waals surface area contributed by atoms with Crippen LogP contribution in [0, 0.1) is 6.92 Å². The maximum Gasteiger partial charge on any atom is 0.409 e. The van der Waals surface area contributed by atoms with Crippen molar-refractivity contribution in [1.82, 2.24) is 10.2 Å². The number of benzene rings is 2. The molecule has 10 heteroatoms. The molecule has 1 aromatic heterocycles. The van der Waals surface area contributed by atoms with E-state index < -0.39 is 0 Å². The predicted octanol–water partition coefficient (Wildman–Crippen LogP) is 3.74. The van der Waals surface area contributed by atoms with Crippen LogP contribution < -0.4 is 20.4 Å². The van der Waals surface area contributed by atoms with Crippen molar-refractivity contribution in [2.75, 3.05) is 67.5 Å². The fourth-order valence-electron chi connectivity index (χ4n) is 4.95. The Kier molecular flexibility index (Phi) is 8.00. The molecule has 39 heavy (non-hydrogen) atoms. The molecule has 204 valence electrons. The number of ether oxygens (including phenoxy) is 1. The molecule has 0 unspecified atom stereocenters. The van der Waals surface area contributed by atoms with Crippen LogP contribution >= 0.6 is 0 Å². The van der Waals surface area contributed by atoms with Crippen molar-refractivity contribution in [3.8, 4) is 0 Å². The maximum absolute atomic E-state index is 12.9. The van der Waals surface area contributed by atoms with Crippen molar-refractivity contribution >= 4 is 35.0 Å². The second-order valence-corrected chi connectivity index (χ2v) is 9.63. The van der Waals surface area contributed by atoms with Crippen molar-refractivity contribution in [1.29, 1.82) is 0 Å². The summed E-state index contributed by atoms with van der Waals surface area (Å²) in [6.45, 7) is 7.25. The van der Waals surface area contributed by atoms with Gasteiger partial charge in [0.15, 0.2) is 5.76 Å². The Morgan fingerprint density at radius 1 is 0.897 bits per heavy atom. The first-order chi connectivity index (χ1) is 19.0. The van der Waals surface area contributed by atoms with Gasteiger partial charge in [-0.3, -0.25) is 9.59 Å². The molecule has 0 saturated carbocycles. The number of rotatable bonds is 9. The lowest BCUT2D eigenvalue weighted by molar-refractivity contribution is 0.0950. The number of nitrogens with zero attached hydrogens (tertiary/aromatic N) is 3. The Hall–Kier alpha value is -4.47. The van der Waals surface area contributed by atoms with E-state index >= 15 is 0 Å². The number of carbonyl (C=O) groups is 3. The van der Waals surface area contributed by atoms with E-state index in [1.165, 1.54) is 17.5 Å². The third kappa shape index (κ3) is 6.17. The number of aryl methyl sites for hydroxylation is 1. The van der Waals surface area contributed by atoms with Gasteiger partial charge < -0.3 is 34.5 Å². The SMILES string of the molecule is Cc1ccccc1N1CCN(c2ccc(C(=O)NCCCN3CCOC3=O)cc2NC(=O)c2ccco2)CC1. The lowest BCUT2D eigenvalue weighted by Crippen LogP contribution is -2.47. The minimum atomic E-state index is -0.380. The van der Waals surface area contributed by atoms with Crippen molar-refractivity contribution < 1.29 is 23.5 Å². The zero-order valence-electron chi connectivity index (χ0n) is 22.0. The summed E-state index contributed by atoms with van der Waals surface area (Å²) in [4.78, 5) is 43.6. The van der Waals surface area contributed by atoms with E-state index in [2.05, 4.69) is 45.6 Å². The molecule has 0 atom stereocenters. The van der Waals surface area contributed by atoms with Gasteiger partial charge in [0.2, 0.25) is 0 Å². The van der Waals surface area contributed by atoms with Gasteiger partial charge in [0.1, 0.15) is 6.61 Å². The maximum atomic E-state index is 12.9. The minimum Gasteiger partial charge on any atom is -0.459 e. The quantitative estimate of drug-likeness (QED) is 0.405. The van der Waals surface area contributed by atoms with E-state index in [4.69, 9.17) is 9.15 Å². The summed E-state index contributed by atoms with van der Waals surface area (Å²) >= 11 is 0. The van der Waals surface area contributed by atoms with E-state index in [0.717, 1.165) is 31.9 Å². The molecule has 5 rings (SSSR count). The monoisotopic (exact) mass is 531 g/mol. The molecular weight excluding hydrogens is 498 g/mol. The van der Waals surface area contributed by atoms with Crippen LogP contribution in [0.3, 0.4) is 0 Å².